The minimum atomic E-state index is 0.000682. The zero-order chi connectivity index (χ0) is 12.9. The maximum Gasteiger partial charge on any atom is 0.0634 e. The number of ether oxygens (including phenoxy) is 1. The van der Waals surface area contributed by atoms with E-state index in [1.807, 2.05) is 0 Å². The fourth-order valence-electron chi connectivity index (χ4n) is 2.22. The standard InChI is InChI=1S/C14H30N2O/c1-13(2,17-5)6-9-15-12-14(3)7-10-16(4)11-8-14/h15H,6-12H2,1-5H3. The lowest BCUT2D eigenvalue weighted by Crippen LogP contribution is -2.42. The van der Waals surface area contributed by atoms with Gasteiger partial charge in [-0.1, -0.05) is 6.92 Å². The van der Waals surface area contributed by atoms with Crippen molar-refractivity contribution in [1.82, 2.24) is 10.2 Å². The Morgan fingerprint density at radius 3 is 2.41 bits per heavy atom. The molecule has 0 aromatic carbocycles. The number of piperidine rings is 1. The Bertz CT molecular complexity index is 220. The molecule has 1 aliphatic heterocycles. The molecule has 0 saturated carbocycles. The van der Waals surface area contributed by atoms with Crippen molar-refractivity contribution in [3.63, 3.8) is 0 Å². The van der Waals surface area contributed by atoms with E-state index in [4.69, 9.17) is 4.74 Å². The molecule has 1 saturated heterocycles. The topological polar surface area (TPSA) is 24.5 Å². The van der Waals surface area contributed by atoms with E-state index >= 15 is 0 Å². The van der Waals surface area contributed by atoms with Gasteiger partial charge in [0.25, 0.3) is 0 Å². The summed E-state index contributed by atoms with van der Waals surface area (Å²) in [5.41, 5.74) is 0.490. The van der Waals surface area contributed by atoms with Crippen LogP contribution in [0.3, 0.4) is 0 Å². The van der Waals surface area contributed by atoms with Gasteiger partial charge in [-0.15, -0.1) is 0 Å². The summed E-state index contributed by atoms with van der Waals surface area (Å²) in [6.45, 7) is 11.4. The van der Waals surface area contributed by atoms with Crippen LogP contribution >= 0.6 is 0 Å². The van der Waals surface area contributed by atoms with Gasteiger partial charge in [0.1, 0.15) is 0 Å². The first-order valence-electron chi connectivity index (χ1n) is 6.81. The van der Waals surface area contributed by atoms with Gasteiger partial charge in [-0.05, 0) is 65.2 Å². The van der Waals surface area contributed by atoms with Crippen LogP contribution in [0.2, 0.25) is 0 Å². The van der Waals surface area contributed by atoms with Gasteiger partial charge in [-0.2, -0.15) is 0 Å². The van der Waals surface area contributed by atoms with Gasteiger partial charge in [0.2, 0.25) is 0 Å². The third-order valence-corrected chi connectivity index (χ3v) is 4.20. The SMILES string of the molecule is COC(C)(C)CCNCC1(C)CCN(C)CC1. The number of hydrogen-bond acceptors (Lipinski definition) is 3. The zero-order valence-electron chi connectivity index (χ0n) is 12.3. The summed E-state index contributed by atoms with van der Waals surface area (Å²) >= 11 is 0. The van der Waals surface area contributed by atoms with E-state index < -0.39 is 0 Å². The van der Waals surface area contributed by atoms with Crippen molar-refractivity contribution in [2.24, 2.45) is 5.41 Å². The van der Waals surface area contributed by atoms with Crippen LogP contribution in [-0.4, -0.2) is 50.8 Å². The van der Waals surface area contributed by atoms with Gasteiger partial charge in [-0.25, -0.2) is 0 Å². The van der Waals surface area contributed by atoms with Gasteiger partial charge < -0.3 is 15.0 Å². The molecular formula is C14H30N2O. The summed E-state index contributed by atoms with van der Waals surface area (Å²) < 4.78 is 5.42. The highest BCUT2D eigenvalue weighted by molar-refractivity contribution is 4.83. The van der Waals surface area contributed by atoms with Gasteiger partial charge >= 0.3 is 0 Å². The zero-order valence-corrected chi connectivity index (χ0v) is 12.3. The highest BCUT2D eigenvalue weighted by Crippen LogP contribution is 2.29. The Labute approximate surface area is 107 Å². The number of methoxy groups -OCH3 is 1. The summed E-state index contributed by atoms with van der Waals surface area (Å²) in [7, 11) is 4.01. The maximum absolute atomic E-state index is 5.42. The minimum Gasteiger partial charge on any atom is -0.379 e. The van der Waals surface area contributed by atoms with Gasteiger partial charge in [0.15, 0.2) is 0 Å². The predicted molar refractivity (Wildman–Crippen MR) is 73.4 cm³/mol. The second kappa shape index (κ2) is 6.17. The smallest absolute Gasteiger partial charge is 0.0634 e. The van der Waals surface area contributed by atoms with Crippen LogP contribution in [0.25, 0.3) is 0 Å². The van der Waals surface area contributed by atoms with Crippen molar-refractivity contribution in [2.45, 2.75) is 45.6 Å². The fraction of sp³-hybridized carbons (Fsp3) is 1.00. The summed E-state index contributed by atoms with van der Waals surface area (Å²) in [6.07, 6.45) is 3.69. The number of nitrogens with zero attached hydrogens (tertiary/aromatic N) is 1. The number of nitrogens with one attached hydrogen (secondary N) is 1. The van der Waals surface area contributed by atoms with Crippen molar-refractivity contribution < 1.29 is 4.74 Å². The fourth-order valence-corrected chi connectivity index (χ4v) is 2.22. The van der Waals surface area contributed by atoms with Crippen LogP contribution in [0.5, 0.6) is 0 Å². The van der Waals surface area contributed by atoms with Crippen molar-refractivity contribution in [2.75, 3.05) is 40.3 Å². The average molecular weight is 242 g/mol. The monoisotopic (exact) mass is 242 g/mol. The Morgan fingerprint density at radius 1 is 1.29 bits per heavy atom. The van der Waals surface area contributed by atoms with Crippen molar-refractivity contribution in [3.8, 4) is 0 Å². The van der Waals surface area contributed by atoms with Gasteiger partial charge in [-0.3, -0.25) is 0 Å². The molecule has 0 spiro atoms. The lowest BCUT2D eigenvalue weighted by molar-refractivity contribution is 0.0149. The van der Waals surface area contributed by atoms with Crippen LogP contribution in [0.4, 0.5) is 0 Å². The molecule has 0 amide bonds. The molecule has 1 N–H and O–H groups in total. The molecule has 0 unspecified atom stereocenters. The van der Waals surface area contributed by atoms with Crippen molar-refractivity contribution in [1.29, 1.82) is 0 Å². The molecule has 0 aromatic heterocycles. The van der Waals surface area contributed by atoms with E-state index in [-0.39, 0.29) is 5.60 Å². The van der Waals surface area contributed by atoms with Crippen LogP contribution < -0.4 is 5.32 Å². The maximum atomic E-state index is 5.42. The third-order valence-electron chi connectivity index (χ3n) is 4.20. The van der Waals surface area contributed by atoms with E-state index in [1.54, 1.807) is 7.11 Å². The molecule has 1 aliphatic rings. The van der Waals surface area contributed by atoms with Crippen LogP contribution in [-0.2, 0) is 4.74 Å². The highest BCUT2D eigenvalue weighted by Gasteiger charge is 2.28. The molecule has 3 nitrogen and oxygen atoms in total. The van der Waals surface area contributed by atoms with Gasteiger partial charge in [0, 0.05) is 13.7 Å². The molecule has 0 atom stereocenters. The molecule has 1 heterocycles. The minimum absolute atomic E-state index is 0.000682. The van der Waals surface area contributed by atoms with Crippen LogP contribution in [0.1, 0.15) is 40.0 Å². The number of hydrogen-bond donors (Lipinski definition) is 1. The molecule has 3 heteroatoms. The van der Waals surface area contributed by atoms with Crippen LogP contribution in [0.15, 0.2) is 0 Å². The molecule has 0 aromatic rings. The second-order valence-electron chi connectivity index (χ2n) is 6.50. The molecule has 1 rings (SSSR count). The van der Waals surface area contributed by atoms with E-state index in [0.717, 1.165) is 19.5 Å². The first-order valence-corrected chi connectivity index (χ1v) is 6.81. The molecule has 102 valence electrons. The quantitative estimate of drug-likeness (QED) is 0.722. The van der Waals surface area contributed by atoms with Crippen molar-refractivity contribution in [3.05, 3.63) is 0 Å². The third kappa shape index (κ3) is 5.36. The second-order valence-corrected chi connectivity index (χ2v) is 6.50. The molecule has 0 radical (unpaired) electrons. The summed E-state index contributed by atoms with van der Waals surface area (Å²) in [4.78, 5) is 2.43. The lowest BCUT2D eigenvalue weighted by Gasteiger charge is -2.38. The molecule has 17 heavy (non-hydrogen) atoms. The van der Waals surface area contributed by atoms with E-state index in [9.17, 15) is 0 Å². The number of likely N-dealkylation sites (tertiary alicyclic amines) is 1. The largest absolute Gasteiger partial charge is 0.379 e. The first-order chi connectivity index (χ1) is 7.87. The lowest BCUT2D eigenvalue weighted by atomic mass is 9.80. The Balaban J connectivity index is 2.18. The molecule has 1 fully saturated rings. The van der Waals surface area contributed by atoms with Gasteiger partial charge in [0.05, 0.1) is 5.60 Å². The van der Waals surface area contributed by atoms with E-state index in [1.165, 1.54) is 25.9 Å². The Kier molecular flexibility index (Phi) is 5.42. The number of rotatable bonds is 6. The highest BCUT2D eigenvalue weighted by atomic mass is 16.5. The molecule has 0 aliphatic carbocycles. The molecular weight excluding hydrogens is 212 g/mol. The average Bonchev–Trinajstić information content (AvgIpc) is 2.29. The Morgan fingerprint density at radius 2 is 1.88 bits per heavy atom. The van der Waals surface area contributed by atoms with Crippen molar-refractivity contribution >= 4 is 0 Å². The Hall–Kier alpha value is -0.120. The summed E-state index contributed by atoms with van der Waals surface area (Å²) in [5, 5.41) is 3.60. The first kappa shape index (κ1) is 14.9. The predicted octanol–water partition coefficient (Wildman–Crippen LogP) is 2.12. The normalized spacial score (nSPS) is 21.7. The van der Waals surface area contributed by atoms with Crippen LogP contribution in [0, 0.1) is 5.41 Å². The molecule has 0 bridgehead atoms. The van der Waals surface area contributed by atoms with E-state index in [0.29, 0.717) is 5.41 Å². The summed E-state index contributed by atoms with van der Waals surface area (Å²) in [5.74, 6) is 0. The van der Waals surface area contributed by atoms with E-state index in [2.05, 4.69) is 38.0 Å². The summed E-state index contributed by atoms with van der Waals surface area (Å²) in [6, 6.07) is 0.